The molecule has 0 amide bonds. The van der Waals surface area contributed by atoms with Gasteiger partial charge in [-0.05, 0) is 18.2 Å². The van der Waals surface area contributed by atoms with Crippen LogP contribution in [0.15, 0.2) is 36.3 Å². The predicted molar refractivity (Wildman–Crippen MR) is 81.4 cm³/mol. The van der Waals surface area contributed by atoms with E-state index in [1.165, 1.54) is 12.3 Å². The maximum absolute atomic E-state index is 12.4. The van der Waals surface area contributed by atoms with Crippen LogP contribution in [0.3, 0.4) is 0 Å². The number of rotatable bonds is 5. The highest BCUT2D eigenvalue weighted by Crippen LogP contribution is 2.22. The van der Waals surface area contributed by atoms with Crippen LogP contribution in [0.25, 0.3) is 5.82 Å². The van der Waals surface area contributed by atoms with Crippen LogP contribution >= 0.6 is 11.6 Å². The molecule has 12 heteroatoms. The van der Waals surface area contributed by atoms with Gasteiger partial charge in [-0.25, -0.2) is 20.3 Å². The van der Waals surface area contributed by atoms with Crippen molar-refractivity contribution >= 4 is 17.6 Å². The van der Waals surface area contributed by atoms with Crippen molar-refractivity contribution in [3.05, 3.63) is 52.7 Å². The fourth-order valence-corrected chi connectivity index (χ4v) is 2.04. The minimum absolute atomic E-state index is 0.0572. The maximum Gasteiger partial charge on any atom is 0.432 e. The summed E-state index contributed by atoms with van der Waals surface area (Å²) in [5, 5.41) is 14.0. The molecule has 5 N–H and O–H groups in total. The molecule has 0 aliphatic carbocycles. The smallest absolute Gasteiger partial charge is 0.432 e. The molecular formula is C13H12ClF3N6O2. The Balaban J connectivity index is 2.34. The maximum atomic E-state index is 12.4. The molecule has 2 aromatic heterocycles. The van der Waals surface area contributed by atoms with E-state index in [0.717, 1.165) is 10.7 Å². The molecule has 2 heterocycles. The van der Waals surface area contributed by atoms with Gasteiger partial charge in [-0.15, -0.1) is 0 Å². The van der Waals surface area contributed by atoms with E-state index >= 15 is 0 Å². The SMILES string of the molecule is N/C(=C\N(N)Cc1cc(C(=O)O)n(-c2ncccc2Cl)n1)C(F)(F)F. The van der Waals surface area contributed by atoms with Gasteiger partial charge in [0, 0.05) is 12.4 Å². The molecule has 0 spiro atoms. The third kappa shape index (κ3) is 4.39. The summed E-state index contributed by atoms with van der Waals surface area (Å²) in [7, 11) is 0. The topological polar surface area (TPSA) is 123 Å². The molecule has 2 rings (SSSR count). The molecule has 0 radical (unpaired) electrons. The van der Waals surface area contributed by atoms with Crippen molar-refractivity contribution in [3.8, 4) is 5.82 Å². The van der Waals surface area contributed by atoms with Gasteiger partial charge in [0.15, 0.2) is 11.5 Å². The Labute approximate surface area is 144 Å². The number of carboxylic acid groups (broad SMARTS) is 1. The van der Waals surface area contributed by atoms with Crippen LogP contribution < -0.4 is 11.6 Å². The third-order valence-electron chi connectivity index (χ3n) is 2.90. The molecule has 8 nitrogen and oxygen atoms in total. The van der Waals surface area contributed by atoms with Gasteiger partial charge in [0.1, 0.15) is 5.70 Å². The summed E-state index contributed by atoms with van der Waals surface area (Å²) in [6.45, 7) is -0.325. The first-order valence-electron chi connectivity index (χ1n) is 6.58. The van der Waals surface area contributed by atoms with E-state index in [4.69, 9.17) is 23.2 Å². The number of hydrazine groups is 1. The van der Waals surface area contributed by atoms with Crippen LogP contribution in [0, 0.1) is 0 Å². The molecule has 0 fully saturated rings. The van der Waals surface area contributed by atoms with Gasteiger partial charge in [0.05, 0.1) is 17.3 Å². The highest BCUT2D eigenvalue weighted by Gasteiger charge is 2.32. The van der Waals surface area contributed by atoms with Crippen molar-refractivity contribution in [3.63, 3.8) is 0 Å². The summed E-state index contributed by atoms with van der Waals surface area (Å²) in [6, 6.07) is 4.17. The van der Waals surface area contributed by atoms with Crippen LogP contribution in [0.4, 0.5) is 13.2 Å². The molecule has 0 saturated carbocycles. The fraction of sp³-hybridized carbons (Fsp3) is 0.154. The Morgan fingerprint density at radius 3 is 2.72 bits per heavy atom. The quantitative estimate of drug-likeness (QED) is 0.535. The summed E-state index contributed by atoms with van der Waals surface area (Å²) < 4.78 is 38.1. The molecule has 0 unspecified atom stereocenters. The van der Waals surface area contributed by atoms with E-state index in [0.29, 0.717) is 11.2 Å². The lowest BCUT2D eigenvalue weighted by atomic mass is 10.3. The Hall–Kier alpha value is -2.79. The summed E-state index contributed by atoms with van der Waals surface area (Å²) in [6.07, 6.45) is -2.87. The predicted octanol–water partition coefficient (Wildman–Crippen LogP) is 1.66. The number of aromatic carboxylic acids is 1. The van der Waals surface area contributed by atoms with Gasteiger partial charge in [0.2, 0.25) is 0 Å². The van der Waals surface area contributed by atoms with Crippen LogP contribution in [0.5, 0.6) is 0 Å². The van der Waals surface area contributed by atoms with Crippen molar-refractivity contribution in [1.29, 1.82) is 0 Å². The molecule has 25 heavy (non-hydrogen) atoms. The number of aromatic nitrogens is 3. The number of nitrogens with zero attached hydrogens (tertiary/aromatic N) is 4. The Kier molecular flexibility index (Phi) is 5.18. The summed E-state index contributed by atoms with van der Waals surface area (Å²) in [5.74, 6) is 4.18. The summed E-state index contributed by atoms with van der Waals surface area (Å²) in [4.78, 5) is 15.3. The van der Waals surface area contributed by atoms with E-state index in [-0.39, 0.29) is 28.8 Å². The van der Waals surface area contributed by atoms with Crippen molar-refractivity contribution in [2.75, 3.05) is 0 Å². The largest absolute Gasteiger partial charge is 0.477 e. The molecule has 2 aromatic rings. The first-order valence-corrected chi connectivity index (χ1v) is 6.96. The van der Waals surface area contributed by atoms with Crippen molar-refractivity contribution in [2.24, 2.45) is 11.6 Å². The Morgan fingerprint density at radius 2 is 2.16 bits per heavy atom. The normalized spacial score (nSPS) is 12.3. The Bertz CT molecular complexity index is 820. The summed E-state index contributed by atoms with van der Waals surface area (Å²) in [5.41, 5.74) is 3.26. The van der Waals surface area contributed by atoms with Crippen LogP contribution in [0.2, 0.25) is 5.02 Å². The first kappa shape index (κ1) is 18.5. The second kappa shape index (κ2) is 6.99. The molecule has 0 atom stereocenters. The zero-order chi connectivity index (χ0) is 18.8. The average molecular weight is 377 g/mol. The molecule has 0 aliphatic heterocycles. The van der Waals surface area contributed by atoms with E-state index in [9.17, 15) is 23.1 Å². The minimum Gasteiger partial charge on any atom is -0.477 e. The molecule has 0 saturated heterocycles. The molecule has 0 bridgehead atoms. The van der Waals surface area contributed by atoms with Crippen LogP contribution in [-0.4, -0.2) is 37.0 Å². The van der Waals surface area contributed by atoms with Crippen LogP contribution in [0.1, 0.15) is 16.2 Å². The van der Waals surface area contributed by atoms with Gasteiger partial charge in [-0.1, -0.05) is 11.6 Å². The lowest BCUT2D eigenvalue weighted by Crippen LogP contribution is -2.29. The molecule has 0 aliphatic rings. The molecular weight excluding hydrogens is 365 g/mol. The van der Waals surface area contributed by atoms with Gasteiger partial charge in [0.25, 0.3) is 0 Å². The number of carbonyl (C=O) groups is 1. The van der Waals surface area contributed by atoms with E-state index in [1.54, 1.807) is 6.07 Å². The Morgan fingerprint density at radius 1 is 1.48 bits per heavy atom. The van der Waals surface area contributed by atoms with Crippen molar-refractivity contribution in [1.82, 2.24) is 19.8 Å². The van der Waals surface area contributed by atoms with E-state index < -0.39 is 17.8 Å². The zero-order valence-corrected chi connectivity index (χ0v) is 13.2. The van der Waals surface area contributed by atoms with Gasteiger partial charge in [-0.3, -0.25) is 0 Å². The van der Waals surface area contributed by atoms with Crippen molar-refractivity contribution in [2.45, 2.75) is 12.7 Å². The van der Waals surface area contributed by atoms with Gasteiger partial charge in [-0.2, -0.15) is 18.3 Å². The van der Waals surface area contributed by atoms with Crippen LogP contribution in [-0.2, 0) is 6.54 Å². The number of halogens is 4. The van der Waals surface area contributed by atoms with Crippen molar-refractivity contribution < 1.29 is 23.1 Å². The number of carboxylic acids is 1. The lowest BCUT2D eigenvalue weighted by molar-refractivity contribution is -0.0939. The number of pyridine rings is 1. The minimum atomic E-state index is -4.73. The number of hydrogen-bond acceptors (Lipinski definition) is 6. The summed E-state index contributed by atoms with van der Waals surface area (Å²) >= 11 is 5.97. The van der Waals surface area contributed by atoms with Gasteiger partial charge >= 0.3 is 12.1 Å². The number of alkyl halides is 3. The second-order valence-corrected chi connectivity index (χ2v) is 5.21. The monoisotopic (exact) mass is 376 g/mol. The lowest BCUT2D eigenvalue weighted by Gasteiger charge is -2.14. The molecule has 134 valence electrons. The standard InChI is InChI=1S/C13H12ClF3N6O2/c14-8-2-1-3-20-11(8)23-9(12(24)25)4-7(21-23)5-22(19)6-10(18)13(15,16)17/h1-4,6H,5,18-19H2,(H,24,25)/b10-6-. The van der Waals surface area contributed by atoms with E-state index in [1.807, 2.05) is 0 Å². The number of allylic oxidation sites excluding steroid dienone is 1. The average Bonchev–Trinajstić information content (AvgIpc) is 2.90. The highest BCUT2D eigenvalue weighted by atomic mass is 35.5. The molecule has 0 aromatic carbocycles. The van der Waals surface area contributed by atoms with Gasteiger partial charge < -0.3 is 15.8 Å². The third-order valence-corrected chi connectivity index (χ3v) is 3.19. The number of hydrogen-bond donors (Lipinski definition) is 3. The fourth-order valence-electron chi connectivity index (χ4n) is 1.84. The zero-order valence-electron chi connectivity index (χ0n) is 12.4. The van der Waals surface area contributed by atoms with E-state index in [2.05, 4.69) is 10.1 Å². The highest BCUT2D eigenvalue weighted by molar-refractivity contribution is 6.32. The number of nitrogens with two attached hydrogens (primary N) is 2. The second-order valence-electron chi connectivity index (χ2n) is 4.80. The first-order chi connectivity index (χ1) is 11.6.